The molecule has 154 valence electrons. The van der Waals surface area contributed by atoms with Gasteiger partial charge in [0.05, 0.1) is 11.4 Å². The van der Waals surface area contributed by atoms with E-state index >= 15 is 0 Å². The van der Waals surface area contributed by atoms with Crippen molar-refractivity contribution in [2.75, 3.05) is 18.0 Å². The number of aryl methyl sites for hydroxylation is 1. The molecule has 0 unspecified atom stereocenters. The monoisotopic (exact) mass is 403 g/mol. The van der Waals surface area contributed by atoms with Crippen LogP contribution in [-0.4, -0.2) is 23.3 Å². The van der Waals surface area contributed by atoms with Gasteiger partial charge in [-0.15, -0.1) is 10.2 Å². The van der Waals surface area contributed by atoms with Gasteiger partial charge in [0.2, 0.25) is 0 Å². The summed E-state index contributed by atoms with van der Waals surface area (Å²) in [7, 11) is 0. The normalized spacial score (nSPS) is 11.4. The molecule has 0 fully saturated rings. The first-order valence-corrected chi connectivity index (χ1v) is 9.81. The molecule has 0 atom stereocenters. The van der Waals surface area contributed by atoms with E-state index in [0.29, 0.717) is 11.4 Å². The Labute approximate surface area is 176 Å². The second-order valence-electron chi connectivity index (χ2n) is 6.76. The van der Waals surface area contributed by atoms with Crippen LogP contribution in [0.15, 0.2) is 81.1 Å². The third-order valence-electron chi connectivity index (χ3n) is 4.59. The molecule has 0 heterocycles. The van der Waals surface area contributed by atoms with Crippen molar-refractivity contribution in [3.05, 3.63) is 66.2 Å². The Kier molecular flexibility index (Phi) is 6.75. The summed E-state index contributed by atoms with van der Waals surface area (Å²) in [5.41, 5.74) is 3.84. The molecule has 7 heteroatoms. The molecule has 0 amide bonds. The molecular weight excluding hydrogens is 378 g/mol. The molecule has 0 saturated heterocycles. The molecule has 2 N–H and O–H groups in total. The van der Waals surface area contributed by atoms with E-state index < -0.39 is 0 Å². The first-order chi connectivity index (χ1) is 14.5. The third-order valence-corrected chi connectivity index (χ3v) is 4.59. The fourth-order valence-corrected chi connectivity index (χ4v) is 2.95. The second-order valence-corrected chi connectivity index (χ2v) is 6.76. The molecule has 3 aromatic carbocycles. The van der Waals surface area contributed by atoms with Gasteiger partial charge in [0.25, 0.3) is 0 Å². The zero-order valence-electron chi connectivity index (χ0n) is 17.3. The Morgan fingerprint density at radius 2 is 1.40 bits per heavy atom. The summed E-state index contributed by atoms with van der Waals surface area (Å²) in [5.74, 6) is -0.00886. The average molecular weight is 403 g/mol. The van der Waals surface area contributed by atoms with Gasteiger partial charge in [-0.1, -0.05) is 12.1 Å². The first-order valence-electron chi connectivity index (χ1n) is 9.81. The largest absolute Gasteiger partial charge is 0.506 e. The van der Waals surface area contributed by atoms with Gasteiger partial charge in [-0.2, -0.15) is 10.2 Å². The maximum atomic E-state index is 10.3. The van der Waals surface area contributed by atoms with Crippen molar-refractivity contribution in [3.63, 3.8) is 0 Å². The molecule has 0 radical (unpaired) electrons. The van der Waals surface area contributed by atoms with E-state index in [4.69, 9.17) is 0 Å². The Balaban J connectivity index is 1.81. The van der Waals surface area contributed by atoms with Crippen molar-refractivity contribution in [1.82, 2.24) is 0 Å². The van der Waals surface area contributed by atoms with E-state index in [2.05, 4.69) is 39.2 Å². The number of benzene rings is 3. The first kappa shape index (κ1) is 21.0. The lowest BCUT2D eigenvalue weighted by Gasteiger charge is -2.21. The summed E-state index contributed by atoms with van der Waals surface area (Å²) in [6.07, 6.45) is 0. The quantitative estimate of drug-likeness (QED) is 0.413. The van der Waals surface area contributed by atoms with E-state index in [1.807, 2.05) is 37.3 Å². The molecule has 0 bridgehead atoms. The summed E-state index contributed by atoms with van der Waals surface area (Å²) in [4.78, 5) is 2.12. The van der Waals surface area contributed by atoms with Gasteiger partial charge >= 0.3 is 0 Å². The van der Waals surface area contributed by atoms with E-state index in [1.54, 1.807) is 24.3 Å². The lowest BCUT2D eigenvalue weighted by Crippen LogP contribution is -2.21. The Bertz CT molecular complexity index is 1070. The Morgan fingerprint density at radius 1 is 0.700 bits per heavy atom. The van der Waals surface area contributed by atoms with Crippen LogP contribution < -0.4 is 4.90 Å². The van der Waals surface area contributed by atoms with Gasteiger partial charge in [-0.25, -0.2) is 0 Å². The minimum atomic E-state index is -0.0347. The van der Waals surface area contributed by atoms with Gasteiger partial charge < -0.3 is 15.1 Å². The molecule has 0 aliphatic rings. The highest BCUT2D eigenvalue weighted by atomic mass is 16.3. The Morgan fingerprint density at radius 3 is 2.07 bits per heavy atom. The lowest BCUT2D eigenvalue weighted by molar-refractivity contribution is 0.474. The number of hydrogen-bond acceptors (Lipinski definition) is 7. The molecule has 0 saturated carbocycles. The lowest BCUT2D eigenvalue weighted by atomic mass is 10.2. The number of phenolic OH excluding ortho intramolecular Hbond substituents is 2. The smallest absolute Gasteiger partial charge is 0.145 e. The van der Waals surface area contributed by atoms with Gasteiger partial charge in [0, 0.05) is 24.8 Å². The predicted molar refractivity (Wildman–Crippen MR) is 119 cm³/mol. The van der Waals surface area contributed by atoms with Crippen molar-refractivity contribution in [2.24, 2.45) is 20.5 Å². The van der Waals surface area contributed by atoms with E-state index in [1.165, 1.54) is 6.07 Å². The summed E-state index contributed by atoms with van der Waals surface area (Å²) >= 11 is 0. The number of hydrogen-bond donors (Lipinski definition) is 2. The van der Waals surface area contributed by atoms with Crippen LogP contribution in [0.1, 0.15) is 19.4 Å². The number of anilines is 1. The third kappa shape index (κ3) is 5.20. The van der Waals surface area contributed by atoms with E-state index in [-0.39, 0.29) is 17.2 Å². The topological polar surface area (TPSA) is 93.1 Å². The number of nitrogens with zero attached hydrogens (tertiary/aromatic N) is 5. The zero-order valence-corrected chi connectivity index (χ0v) is 17.3. The van der Waals surface area contributed by atoms with E-state index in [0.717, 1.165) is 30.0 Å². The fraction of sp³-hybridized carbons (Fsp3) is 0.217. The summed E-state index contributed by atoms with van der Waals surface area (Å²) in [6, 6.07) is 17.6. The summed E-state index contributed by atoms with van der Waals surface area (Å²) in [5, 5.41) is 37.0. The molecule has 0 aliphatic heterocycles. The predicted octanol–water partition coefficient (Wildman–Crippen LogP) is 7.08. The average Bonchev–Trinajstić information content (AvgIpc) is 2.74. The molecule has 0 aliphatic carbocycles. The number of phenols is 2. The van der Waals surface area contributed by atoms with Crippen LogP contribution in [0.5, 0.6) is 11.5 Å². The highest BCUT2D eigenvalue weighted by Crippen LogP contribution is 2.36. The van der Waals surface area contributed by atoms with Crippen LogP contribution in [0.3, 0.4) is 0 Å². The van der Waals surface area contributed by atoms with Crippen LogP contribution in [0.2, 0.25) is 0 Å². The molecular formula is C23H25N5O2. The van der Waals surface area contributed by atoms with Gasteiger partial charge in [-0.3, -0.25) is 0 Å². The van der Waals surface area contributed by atoms with Crippen LogP contribution in [0, 0.1) is 6.92 Å². The molecule has 3 aromatic rings. The molecule has 30 heavy (non-hydrogen) atoms. The molecule has 3 rings (SSSR count). The van der Waals surface area contributed by atoms with Crippen LogP contribution in [0.25, 0.3) is 0 Å². The van der Waals surface area contributed by atoms with Crippen LogP contribution >= 0.6 is 0 Å². The van der Waals surface area contributed by atoms with Gasteiger partial charge in [0.15, 0.2) is 0 Å². The summed E-state index contributed by atoms with van der Waals surface area (Å²) < 4.78 is 0. The maximum absolute atomic E-state index is 10.3. The number of rotatable bonds is 7. The van der Waals surface area contributed by atoms with E-state index in [9.17, 15) is 10.2 Å². The number of azo groups is 2. The summed E-state index contributed by atoms with van der Waals surface area (Å²) in [6.45, 7) is 7.78. The highest BCUT2D eigenvalue weighted by Gasteiger charge is 2.07. The van der Waals surface area contributed by atoms with Gasteiger partial charge in [-0.05, 0) is 68.8 Å². The highest BCUT2D eigenvalue weighted by molar-refractivity contribution is 5.62. The minimum absolute atomic E-state index is 0.0259. The SMILES string of the molecule is CCN(CC)c1ccc(N=Nc2cc(N=Nc3cccc(C)c3)ccc2O)c(O)c1. The molecule has 0 spiro atoms. The van der Waals surface area contributed by atoms with Crippen molar-refractivity contribution < 1.29 is 10.2 Å². The molecule has 0 aromatic heterocycles. The van der Waals surface area contributed by atoms with Crippen LogP contribution in [-0.2, 0) is 0 Å². The zero-order chi connectivity index (χ0) is 21.5. The van der Waals surface area contributed by atoms with Gasteiger partial charge in [0.1, 0.15) is 22.9 Å². The van der Waals surface area contributed by atoms with Crippen molar-refractivity contribution >= 4 is 28.4 Å². The maximum Gasteiger partial charge on any atom is 0.145 e. The Hall–Kier alpha value is -3.74. The van der Waals surface area contributed by atoms with Crippen molar-refractivity contribution in [1.29, 1.82) is 0 Å². The number of aromatic hydroxyl groups is 2. The van der Waals surface area contributed by atoms with Crippen LogP contribution in [0.4, 0.5) is 28.4 Å². The standard InChI is InChI=1S/C23H25N5O2/c1-4-28(5-2)19-10-11-20(23(30)15-19)26-27-21-14-18(9-12-22(21)29)25-24-17-8-6-7-16(3)13-17/h6-15,29-30H,4-5H2,1-3H3. The minimum Gasteiger partial charge on any atom is -0.506 e. The fourth-order valence-electron chi connectivity index (χ4n) is 2.95. The second kappa shape index (κ2) is 9.65. The molecule has 7 nitrogen and oxygen atoms in total. The van der Waals surface area contributed by atoms with Crippen molar-refractivity contribution in [2.45, 2.75) is 20.8 Å². The van der Waals surface area contributed by atoms with Crippen molar-refractivity contribution in [3.8, 4) is 11.5 Å².